The lowest BCUT2D eigenvalue weighted by Gasteiger charge is -2.02. The number of hydrogen-bond acceptors (Lipinski definition) is 5. The van der Waals surface area contributed by atoms with Crippen molar-refractivity contribution in [2.24, 2.45) is 10.3 Å². The summed E-state index contributed by atoms with van der Waals surface area (Å²) in [6, 6.07) is 3.03. The van der Waals surface area contributed by atoms with Gasteiger partial charge in [0.1, 0.15) is 5.69 Å². The monoisotopic (exact) mass is 264 g/mol. The van der Waals surface area contributed by atoms with E-state index in [0.717, 1.165) is 15.6 Å². The molecule has 0 aliphatic heterocycles. The van der Waals surface area contributed by atoms with Crippen molar-refractivity contribution in [1.82, 2.24) is 5.01 Å². The molecule has 0 radical (unpaired) electrons. The lowest BCUT2D eigenvalue weighted by molar-refractivity contribution is -0.384. The first-order valence-electron chi connectivity index (χ1n) is 5.24. The molecule has 2 rings (SSSR count). The Morgan fingerprint density at radius 1 is 1.39 bits per heavy atom. The van der Waals surface area contributed by atoms with Crippen LogP contribution < -0.4 is 0 Å². The molecule has 0 saturated carbocycles. The lowest BCUT2D eigenvalue weighted by atomic mass is 10.1. The van der Waals surface area contributed by atoms with Gasteiger partial charge in [-0.1, -0.05) is 5.22 Å². The van der Waals surface area contributed by atoms with Gasteiger partial charge in [-0.15, -0.1) is 16.5 Å². The van der Waals surface area contributed by atoms with E-state index in [1.165, 1.54) is 17.4 Å². The van der Waals surface area contributed by atoms with Gasteiger partial charge >= 0.3 is 0 Å². The van der Waals surface area contributed by atoms with Gasteiger partial charge in [0.15, 0.2) is 0 Å². The third kappa shape index (κ3) is 2.30. The van der Waals surface area contributed by atoms with E-state index in [0.29, 0.717) is 5.69 Å². The molecular weight excluding hydrogens is 252 g/mol. The number of hydrogen-bond donors (Lipinski definition) is 0. The lowest BCUT2D eigenvalue weighted by Crippen LogP contribution is -1.98. The summed E-state index contributed by atoms with van der Waals surface area (Å²) in [6.07, 6.45) is 0. The molecular formula is C11H12N4O2S. The molecule has 0 unspecified atom stereocenters. The number of rotatable bonds is 3. The van der Waals surface area contributed by atoms with E-state index in [-0.39, 0.29) is 5.69 Å². The van der Waals surface area contributed by atoms with Crippen LogP contribution in [0.25, 0.3) is 10.1 Å². The molecule has 7 heteroatoms. The molecule has 0 atom stereocenters. The topological polar surface area (TPSA) is 71.1 Å². The number of fused-ring (bicyclic) bond motifs is 1. The highest BCUT2D eigenvalue weighted by Crippen LogP contribution is 2.37. The first-order chi connectivity index (χ1) is 8.49. The standard InChI is InChI=1S/C11H12N4O2S/c1-7-6-18-11-9(7)4-8(15(16)17)5-10(11)12-13-14(2)3/h4-6H,1-3H3. The highest BCUT2D eigenvalue weighted by molar-refractivity contribution is 7.18. The first-order valence-corrected chi connectivity index (χ1v) is 6.12. The third-order valence-electron chi connectivity index (χ3n) is 2.37. The minimum atomic E-state index is -0.411. The SMILES string of the molecule is Cc1csc2c(N=NN(C)C)cc([N+](=O)[O-])cc12. The van der Waals surface area contributed by atoms with E-state index in [1.54, 1.807) is 25.2 Å². The second-order valence-electron chi connectivity index (χ2n) is 4.05. The molecule has 6 nitrogen and oxygen atoms in total. The first kappa shape index (κ1) is 12.4. The van der Waals surface area contributed by atoms with Gasteiger partial charge in [-0.2, -0.15) is 0 Å². The number of non-ortho nitro benzene ring substituents is 1. The van der Waals surface area contributed by atoms with Gasteiger partial charge < -0.3 is 0 Å². The number of nitro groups is 1. The van der Waals surface area contributed by atoms with Crippen LogP contribution in [0, 0.1) is 17.0 Å². The Balaban J connectivity index is 2.65. The molecule has 0 N–H and O–H groups in total. The van der Waals surface area contributed by atoms with Crippen LogP contribution in [0.4, 0.5) is 11.4 Å². The fraction of sp³-hybridized carbons (Fsp3) is 0.273. The molecule has 0 spiro atoms. The number of nitrogens with zero attached hydrogens (tertiary/aromatic N) is 4. The van der Waals surface area contributed by atoms with Crippen LogP contribution in [-0.2, 0) is 0 Å². The van der Waals surface area contributed by atoms with Crippen LogP contribution in [0.3, 0.4) is 0 Å². The van der Waals surface area contributed by atoms with Crippen molar-refractivity contribution >= 4 is 32.8 Å². The number of nitro benzene ring substituents is 1. The normalized spacial score (nSPS) is 11.3. The Labute approximate surface area is 108 Å². The maximum absolute atomic E-state index is 10.9. The Bertz CT molecular complexity index is 633. The molecule has 94 valence electrons. The zero-order valence-electron chi connectivity index (χ0n) is 10.2. The van der Waals surface area contributed by atoms with Gasteiger partial charge in [-0.05, 0) is 17.9 Å². The van der Waals surface area contributed by atoms with E-state index in [9.17, 15) is 10.1 Å². The van der Waals surface area contributed by atoms with Gasteiger partial charge in [0, 0.05) is 31.6 Å². The van der Waals surface area contributed by atoms with Gasteiger partial charge in [-0.3, -0.25) is 15.1 Å². The summed E-state index contributed by atoms with van der Waals surface area (Å²) in [7, 11) is 3.50. The van der Waals surface area contributed by atoms with Gasteiger partial charge in [0.2, 0.25) is 0 Å². The second kappa shape index (κ2) is 4.69. The quantitative estimate of drug-likeness (QED) is 0.482. The van der Waals surface area contributed by atoms with Crippen LogP contribution >= 0.6 is 11.3 Å². The van der Waals surface area contributed by atoms with Crippen LogP contribution in [0.5, 0.6) is 0 Å². The maximum atomic E-state index is 10.9. The van der Waals surface area contributed by atoms with E-state index in [1.807, 2.05) is 12.3 Å². The van der Waals surface area contributed by atoms with Gasteiger partial charge in [0.25, 0.3) is 5.69 Å². The summed E-state index contributed by atoms with van der Waals surface area (Å²) in [5, 5.41) is 23.2. The van der Waals surface area contributed by atoms with E-state index >= 15 is 0 Å². The van der Waals surface area contributed by atoms with Crippen molar-refractivity contribution in [3.05, 3.63) is 33.2 Å². The van der Waals surface area contributed by atoms with Crippen LogP contribution in [0.15, 0.2) is 27.9 Å². The summed E-state index contributed by atoms with van der Waals surface area (Å²) in [5.41, 5.74) is 1.59. The molecule has 0 aliphatic rings. The number of aryl methyl sites for hydroxylation is 1. The molecule has 1 heterocycles. The summed E-state index contributed by atoms with van der Waals surface area (Å²) in [6.45, 7) is 1.93. The van der Waals surface area contributed by atoms with Crippen molar-refractivity contribution in [1.29, 1.82) is 0 Å². The predicted octanol–water partition coefficient (Wildman–Crippen LogP) is 3.68. The summed E-state index contributed by atoms with van der Waals surface area (Å²) >= 11 is 1.52. The number of benzene rings is 1. The van der Waals surface area contributed by atoms with Gasteiger partial charge in [-0.25, -0.2) is 0 Å². The molecule has 18 heavy (non-hydrogen) atoms. The third-order valence-corrected chi connectivity index (χ3v) is 3.51. The van der Waals surface area contributed by atoms with Gasteiger partial charge in [0.05, 0.1) is 9.62 Å². The predicted molar refractivity (Wildman–Crippen MR) is 71.4 cm³/mol. The number of thiophene rings is 1. The Hall–Kier alpha value is -2.02. The molecule has 0 aliphatic carbocycles. The molecule has 1 aromatic heterocycles. The van der Waals surface area contributed by atoms with Crippen molar-refractivity contribution < 1.29 is 4.92 Å². The summed E-state index contributed by atoms with van der Waals surface area (Å²) < 4.78 is 0.920. The molecule has 0 saturated heterocycles. The molecule has 0 fully saturated rings. The minimum Gasteiger partial charge on any atom is -0.285 e. The zero-order valence-corrected chi connectivity index (χ0v) is 11.1. The zero-order chi connectivity index (χ0) is 13.3. The van der Waals surface area contributed by atoms with Crippen molar-refractivity contribution in [2.45, 2.75) is 6.92 Å². The molecule has 0 bridgehead atoms. The van der Waals surface area contributed by atoms with E-state index in [2.05, 4.69) is 10.3 Å². The second-order valence-corrected chi connectivity index (χ2v) is 4.93. The smallest absolute Gasteiger partial charge is 0.272 e. The van der Waals surface area contributed by atoms with Crippen LogP contribution in [-0.4, -0.2) is 24.0 Å². The van der Waals surface area contributed by atoms with Crippen molar-refractivity contribution in [3.63, 3.8) is 0 Å². The Morgan fingerprint density at radius 2 is 2.11 bits per heavy atom. The summed E-state index contributed by atoms with van der Waals surface area (Å²) in [4.78, 5) is 10.5. The molecule has 0 amide bonds. The van der Waals surface area contributed by atoms with Crippen LogP contribution in [0.2, 0.25) is 0 Å². The minimum absolute atomic E-state index is 0.0386. The van der Waals surface area contributed by atoms with Crippen LogP contribution in [0.1, 0.15) is 5.56 Å². The highest BCUT2D eigenvalue weighted by atomic mass is 32.1. The highest BCUT2D eigenvalue weighted by Gasteiger charge is 2.14. The van der Waals surface area contributed by atoms with Crippen molar-refractivity contribution in [2.75, 3.05) is 14.1 Å². The van der Waals surface area contributed by atoms with E-state index in [4.69, 9.17) is 0 Å². The fourth-order valence-electron chi connectivity index (χ4n) is 1.54. The maximum Gasteiger partial charge on any atom is 0.272 e. The average molecular weight is 264 g/mol. The largest absolute Gasteiger partial charge is 0.285 e. The Kier molecular flexibility index (Phi) is 3.24. The molecule has 1 aromatic carbocycles. The van der Waals surface area contributed by atoms with Crippen molar-refractivity contribution in [3.8, 4) is 0 Å². The fourth-order valence-corrected chi connectivity index (χ4v) is 2.53. The average Bonchev–Trinajstić information content (AvgIpc) is 2.68. The molecule has 2 aromatic rings. The van der Waals surface area contributed by atoms with E-state index < -0.39 is 4.92 Å². The summed E-state index contributed by atoms with van der Waals surface area (Å²) in [5.74, 6) is 0. The Morgan fingerprint density at radius 3 is 2.72 bits per heavy atom.